The number of H-pyrrole nitrogens is 2. The summed E-state index contributed by atoms with van der Waals surface area (Å²) in [6, 6.07) is 7.39. The van der Waals surface area contributed by atoms with E-state index in [4.69, 9.17) is 16.0 Å². The molecule has 3 aromatic rings. The fourth-order valence-electron chi connectivity index (χ4n) is 3.17. The molecular formula is C16H17ClN6O2. The Morgan fingerprint density at radius 3 is 2.96 bits per heavy atom. The molecule has 8 nitrogen and oxygen atoms in total. The molecule has 1 unspecified atom stereocenters. The Morgan fingerprint density at radius 1 is 1.28 bits per heavy atom. The van der Waals surface area contributed by atoms with Crippen molar-refractivity contribution < 1.29 is 4.42 Å². The first-order chi connectivity index (χ1) is 12.2. The Morgan fingerprint density at radius 2 is 2.16 bits per heavy atom. The van der Waals surface area contributed by atoms with Gasteiger partial charge in [-0.1, -0.05) is 30.2 Å². The minimum atomic E-state index is -0.292. The first-order valence-corrected chi connectivity index (χ1v) is 8.54. The first-order valence-electron chi connectivity index (χ1n) is 8.16. The van der Waals surface area contributed by atoms with Gasteiger partial charge in [-0.05, 0) is 31.5 Å². The Balaban J connectivity index is 1.55. The van der Waals surface area contributed by atoms with Gasteiger partial charge >= 0.3 is 5.69 Å². The Bertz CT molecular complexity index is 917. The lowest BCUT2D eigenvalue weighted by Gasteiger charge is -2.32. The van der Waals surface area contributed by atoms with Crippen LogP contribution in [-0.2, 0) is 6.54 Å². The molecule has 0 spiro atoms. The molecule has 0 aliphatic carbocycles. The fourth-order valence-corrected chi connectivity index (χ4v) is 3.38. The molecule has 1 fully saturated rings. The normalized spacial score (nSPS) is 18.5. The Labute approximate surface area is 148 Å². The Hall–Kier alpha value is -2.45. The van der Waals surface area contributed by atoms with Gasteiger partial charge in [0.2, 0.25) is 11.8 Å². The number of hydrogen-bond donors (Lipinski definition) is 2. The van der Waals surface area contributed by atoms with Crippen molar-refractivity contribution in [2.75, 3.05) is 6.54 Å². The summed E-state index contributed by atoms with van der Waals surface area (Å²) in [7, 11) is 0. The average molecular weight is 361 g/mol. The predicted octanol–water partition coefficient (Wildman–Crippen LogP) is 2.53. The third kappa shape index (κ3) is 3.35. The van der Waals surface area contributed by atoms with Crippen LogP contribution in [0.5, 0.6) is 0 Å². The molecule has 1 aliphatic heterocycles. The topological polar surface area (TPSA) is 104 Å². The molecule has 9 heteroatoms. The number of rotatable bonds is 4. The summed E-state index contributed by atoms with van der Waals surface area (Å²) in [6.07, 6.45) is 3.09. The van der Waals surface area contributed by atoms with Crippen LogP contribution in [0.2, 0.25) is 5.02 Å². The smallest absolute Gasteiger partial charge is 0.340 e. The van der Waals surface area contributed by atoms with Crippen LogP contribution in [-0.4, -0.2) is 36.8 Å². The standard InChI is InChI=1S/C16H17ClN6O2/c17-11-6-2-1-5-10(11)15-21-19-13(25-15)9-23-8-4-3-7-12(23)14-18-16(24)22-20-14/h1-2,5-6,12H,3-4,7-9H2,(H2,18,20,22,24). The number of hydrogen-bond acceptors (Lipinski definition) is 6. The van der Waals surface area contributed by atoms with E-state index in [2.05, 4.69) is 30.3 Å². The average Bonchev–Trinajstić information content (AvgIpc) is 3.25. The molecule has 0 bridgehead atoms. The van der Waals surface area contributed by atoms with Crippen molar-refractivity contribution >= 4 is 11.6 Å². The van der Waals surface area contributed by atoms with Crippen molar-refractivity contribution in [2.45, 2.75) is 31.8 Å². The van der Waals surface area contributed by atoms with Crippen LogP contribution in [0.3, 0.4) is 0 Å². The zero-order valence-corrected chi connectivity index (χ0v) is 14.2. The summed E-state index contributed by atoms with van der Waals surface area (Å²) < 4.78 is 5.79. The second-order valence-corrected chi connectivity index (χ2v) is 6.43. The lowest BCUT2D eigenvalue weighted by molar-refractivity contribution is 0.122. The van der Waals surface area contributed by atoms with Gasteiger partial charge in [0.05, 0.1) is 23.2 Å². The van der Waals surface area contributed by atoms with E-state index in [1.807, 2.05) is 18.2 Å². The molecule has 2 N–H and O–H groups in total. The number of likely N-dealkylation sites (tertiary alicyclic amines) is 1. The Kier molecular flexibility index (Phi) is 4.37. The third-order valence-corrected chi connectivity index (χ3v) is 4.69. The highest BCUT2D eigenvalue weighted by atomic mass is 35.5. The molecule has 3 heterocycles. The summed E-state index contributed by atoms with van der Waals surface area (Å²) in [5, 5.41) is 15.3. The minimum absolute atomic E-state index is 0.0309. The van der Waals surface area contributed by atoms with E-state index in [1.54, 1.807) is 6.07 Å². The van der Waals surface area contributed by atoms with Crippen molar-refractivity contribution in [1.82, 2.24) is 30.3 Å². The second-order valence-electron chi connectivity index (χ2n) is 6.03. The van der Waals surface area contributed by atoms with Crippen molar-refractivity contribution in [1.29, 1.82) is 0 Å². The lowest BCUT2D eigenvalue weighted by Crippen LogP contribution is -2.33. The van der Waals surface area contributed by atoms with Crippen molar-refractivity contribution in [3.8, 4) is 11.5 Å². The van der Waals surface area contributed by atoms with E-state index in [9.17, 15) is 4.79 Å². The van der Waals surface area contributed by atoms with Crippen molar-refractivity contribution in [2.24, 2.45) is 0 Å². The molecule has 1 saturated heterocycles. The number of aromatic nitrogens is 5. The molecular weight excluding hydrogens is 344 g/mol. The summed E-state index contributed by atoms with van der Waals surface area (Å²) in [6.45, 7) is 1.38. The zero-order chi connectivity index (χ0) is 17.2. The maximum absolute atomic E-state index is 11.3. The quantitative estimate of drug-likeness (QED) is 0.741. The van der Waals surface area contributed by atoms with Crippen LogP contribution in [0, 0.1) is 0 Å². The van der Waals surface area contributed by atoms with Gasteiger partial charge in [0.25, 0.3) is 0 Å². The van der Waals surface area contributed by atoms with Crippen molar-refractivity contribution in [3.63, 3.8) is 0 Å². The molecule has 0 saturated carbocycles. The number of piperidine rings is 1. The molecule has 0 radical (unpaired) electrons. The van der Waals surface area contributed by atoms with Gasteiger partial charge in [0.1, 0.15) is 5.82 Å². The van der Waals surface area contributed by atoms with Crippen LogP contribution in [0.4, 0.5) is 0 Å². The van der Waals surface area contributed by atoms with E-state index >= 15 is 0 Å². The first kappa shape index (κ1) is 16.0. The highest BCUT2D eigenvalue weighted by Gasteiger charge is 2.28. The molecule has 25 heavy (non-hydrogen) atoms. The molecule has 0 amide bonds. The third-order valence-electron chi connectivity index (χ3n) is 4.36. The fraction of sp³-hybridized carbons (Fsp3) is 0.375. The molecule has 1 aliphatic rings. The monoisotopic (exact) mass is 360 g/mol. The highest BCUT2D eigenvalue weighted by Crippen LogP contribution is 2.31. The van der Waals surface area contributed by atoms with Crippen molar-refractivity contribution in [3.05, 3.63) is 51.5 Å². The summed E-state index contributed by atoms with van der Waals surface area (Å²) in [5.74, 6) is 1.57. The number of halogens is 1. The summed E-state index contributed by atoms with van der Waals surface area (Å²) >= 11 is 6.18. The van der Waals surface area contributed by atoms with E-state index in [0.717, 1.165) is 31.4 Å². The van der Waals surface area contributed by atoms with E-state index in [1.165, 1.54) is 0 Å². The van der Waals surface area contributed by atoms with Crippen LogP contribution < -0.4 is 5.69 Å². The molecule has 2 aromatic heterocycles. The van der Waals surface area contributed by atoms with Crippen LogP contribution in [0.15, 0.2) is 33.5 Å². The highest BCUT2D eigenvalue weighted by molar-refractivity contribution is 6.33. The second kappa shape index (κ2) is 6.81. The number of aromatic amines is 2. The molecule has 1 atom stereocenters. The number of nitrogens with one attached hydrogen (secondary N) is 2. The van der Waals surface area contributed by atoms with Crippen LogP contribution >= 0.6 is 11.6 Å². The van der Waals surface area contributed by atoms with Crippen LogP contribution in [0.1, 0.15) is 37.0 Å². The molecule has 1 aromatic carbocycles. The van der Waals surface area contributed by atoms with Gasteiger partial charge in [-0.15, -0.1) is 10.2 Å². The summed E-state index contributed by atoms with van der Waals surface area (Å²) in [5.41, 5.74) is 0.425. The van der Waals surface area contributed by atoms with E-state index in [0.29, 0.717) is 29.2 Å². The molecule has 4 rings (SSSR count). The van der Waals surface area contributed by atoms with Gasteiger partial charge < -0.3 is 4.42 Å². The molecule has 130 valence electrons. The van der Waals surface area contributed by atoms with Gasteiger partial charge in [-0.3, -0.25) is 9.88 Å². The maximum atomic E-state index is 11.3. The largest absolute Gasteiger partial charge is 0.419 e. The SMILES string of the molecule is O=c1[nH]nc(C2CCCCN2Cc2nnc(-c3ccccc3Cl)o2)[nH]1. The van der Waals surface area contributed by atoms with Gasteiger partial charge in [-0.2, -0.15) is 5.10 Å². The number of benzene rings is 1. The maximum Gasteiger partial charge on any atom is 0.340 e. The predicted molar refractivity (Wildman–Crippen MR) is 91.0 cm³/mol. The van der Waals surface area contributed by atoms with Gasteiger partial charge in [-0.25, -0.2) is 9.89 Å². The minimum Gasteiger partial charge on any atom is -0.419 e. The summed E-state index contributed by atoms with van der Waals surface area (Å²) in [4.78, 5) is 16.3. The van der Waals surface area contributed by atoms with Crippen LogP contribution in [0.25, 0.3) is 11.5 Å². The van der Waals surface area contributed by atoms with E-state index < -0.39 is 0 Å². The van der Waals surface area contributed by atoms with Gasteiger partial charge in [0.15, 0.2) is 0 Å². The van der Waals surface area contributed by atoms with E-state index in [-0.39, 0.29) is 11.7 Å². The van der Waals surface area contributed by atoms with Gasteiger partial charge in [0, 0.05) is 0 Å². The zero-order valence-electron chi connectivity index (χ0n) is 13.4. The number of nitrogens with zero attached hydrogens (tertiary/aromatic N) is 4. The lowest BCUT2D eigenvalue weighted by atomic mass is 10.0.